The van der Waals surface area contributed by atoms with Gasteiger partial charge in [0, 0.05) is 24.8 Å². The number of nitrogens with one attached hydrogen (secondary N) is 1. The summed E-state index contributed by atoms with van der Waals surface area (Å²) in [6, 6.07) is 5.77. The second kappa shape index (κ2) is 6.23. The summed E-state index contributed by atoms with van der Waals surface area (Å²) in [6.45, 7) is 4.48. The van der Waals surface area contributed by atoms with E-state index >= 15 is 0 Å². The first-order chi connectivity index (χ1) is 7.63. The zero-order valence-corrected chi connectivity index (χ0v) is 10.3. The van der Waals surface area contributed by atoms with Crippen molar-refractivity contribution in [3.8, 4) is 5.75 Å². The van der Waals surface area contributed by atoms with Crippen molar-refractivity contribution >= 4 is 11.4 Å². The zero-order valence-electron chi connectivity index (χ0n) is 10.3. The fourth-order valence-electron chi connectivity index (χ4n) is 1.35. The monoisotopic (exact) mass is 223 g/mol. The maximum absolute atomic E-state index is 5.79. The minimum atomic E-state index is 0.630. The summed E-state index contributed by atoms with van der Waals surface area (Å²) in [5, 5.41) is 3.32. The van der Waals surface area contributed by atoms with Gasteiger partial charge in [0.15, 0.2) is 0 Å². The number of rotatable bonds is 6. The first-order valence-electron chi connectivity index (χ1n) is 5.54. The van der Waals surface area contributed by atoms with Crippen molar-refractivity contribution in [2.45, 2.75) is 6.92 Å². The van der Waals surface area contributed by atoms with E-state index in [-0.39, 0.29) is 0 Å². The number of anilines is 2. The second-order valence-electron chi connectivity index (χ2n) is 3.92. The largest absolute Gasteiger partial charge is 0.492 e. The van der Waals surface area contributed by atoms with Gasteiger partial charge in [-0.1, -0.05) is 0 Å². The lowest BCUT2D eigenvalue weighted by atomic mass is 10.2. The summed E-state index contributed by atoms with van der Waals surface area (Å²) in [5.41, 5.74) is 7.51. The SMILES string of the molecule is CCOc1cc(NCCN(C)C)ccc1N. The first kappa shape index (κ1) is 12.6. The van der Waals surface area contributed by atoms with Crippen molar-refractivity contribution in [1.82, 2.24) is 4.90 Å². The Hall–Kier alpha value is -1.42. The molecular weight excluding hydrogens is 202 g/mol. The van der Waals surface area contributed by atoms with E-state index < -0.39 is 0 Å². The van der Waals surface area contributed by atoms with Crippen LogP contribution in [-0.2, 0) is 0 Å². The molecule has 4 nitrogen and oxygen atoms in total. The van der Waals surface area contributed by atoms with E-state index in [1.807, 2.05) is 25.1 Å². The van der Waals surface area contributed by atoms with Gasteiger partial charge in [0.1, 0.15) is 5.75 Å². The molecule has 0 aliphatic carbocycles. The molecule has 0 spiro atoms. The highest BCUT2D eigenvalue weighted by molar-refractivity contribution is 5.61. The van der Waals surface area contributed by atoms with Gasteiger partial charge in [-0.2, -0.15) is 0 Å². The maximum atomic E-state index is 5.79. The highest BCUT2D eigenvalue weighted by atomic mass is 16.5. The Bertz CT molecular complexity index is 326. The molecule has 0 fully saturated rings. The third kappa shape index (κ3) is 3.98. The van der Waals surface area contributed by atoms with Crippen LogP contribution in [0.15, 0.2) is 18.2 Å². The smallest absolute Gasteiger partial charge is 0.144 e. The average molecular weight is 223 g/mol. The Morgan fingerprint density at radius 1 is 1.38 bits per heavy atom. The van der Waals surface area contributed by atoms with Crippen molar-refractivity contribution in [2.75, 3.05) is 44.8 Å². The molecule has 1 aromatic rings. The number of ether oxygens (including phenoxy) is 1. The van der Waals surface area contributed by atoms with Crippen molar-refractivity contribution in [2.24, 2.45) is 0 Å². The van der Waals surface area contributed by atoms with E-state index in [1.54, 1.807) is 0 Å². The zero-order chi connectivity index (χ0) is 12.0. The van der Waals surface area contributed by atoms with Gasteiger partial charge in [0.05, 0.1) is 12.3 Å². The molecule has 0 amide bonds. The maximum Gasteiger partial charge on any atom is 0.144 e. The van der Waals surface area contributed by atoms with Crippen LogP contribution in [0.25, 0.3) is 0 Å². The third-order valence-electron chi connectivity index (χ3n) is 2.20. The van der Waals surface area contributed by atoms with Crippen LogP contribution in [0.5, 0.6) is 5.75 Å². The molecule has 90 valence electrons. The van der Waals surface area contributed by atoms with Crippen LogP contribution in [-0.4, -0.2) is 38.7 Å². The number of nitrogens with two attached hydrogens (primary N) is 1. The summed E-state index contributed by atoms with van der Waals surface area (Å²) in [5.74, 6) is 0.748. The molecule has 0 bridgehead atoms. The van der Waals surface area contributed by atoms with Crippen LogP contribution in [0, 0.1) is 0 Å². The summed E-state index contributed by atoms with van der Waals surface area (Å²) in [7, 11) is 4.10. The number of nitrogens with zero attached hydrogens (tertiary/aromatic N) is 1. The molecule has 0 aliphatic heterocycles. The standard InChI is InChI=1S/C12H21N3O/c1-4-16-12-9-10(5-6-11(12)13)14-7-8-15(2)3/h5-6,9,14H,4,7-8,13H2,1-3H3. The minimum Gasteiger partial charge on any atom is -0.492 e. The average Bonchev–Trinajstić information content (AvgIpc) is 2.22. The van der Waals surface area contributed by atoms with Crippen LogP contribution < -0.4 is 15.8 Å². The lowest BCUT2D eigenvalue weighted by Crippen LogP contribution is -2.20. The van der Waals surface area contributed by atoms with Crippen molar-refractivity contribution in [1.29, 1.82) is 0 Å². The lowest BCUT2D eigenvalue weighted by molar-refractivity contribution is 0.342. The predicted molar refractivity (Wildman–Crippen MR) is 69.1 cm³/mol. The molecule has 0 saturated heterocycles. The van der Waals surface area contributed by atoms with Crippen LogP contribution >= 0.6 is 0 Å². The van der Waals surface area contributed by atoms with E-state index in [2.05, 4.69) is 24.3 Å². The fraction of sp³-hybridized carbons (Fsp3) is 0.500. The molecule has 0 unspecified atom stereocenters. The van der Waals surface area contributed by atoms with E-state index in [0.29, 0.717) is 12.3 Å². The molecule has 0 aromatic heterocycles. The second-order valence-corrected chi connectivity index (χ2v) is 3.92. The molecule has 0 heterocycles. The van der Waals surface area contributed by atoms with E-state index in [0.717, 1.165) is 24.5 Å². The molecule has 16 heavy (non-hydrogen) atoms. The number of hydrogen-bond acceptors (Lipinski definition) is 4. The minimum absolute atomic E-state index is 0.630. The van der Waals surface area contributed by atoms with Gasteiger partial charge in [-0.15, -0.1) is 0 Å². The normalized spacial score (nSPS) is 10.5. The summed E-state index contributed by atoms with van der Waals surface area (Å²) in [4.78, 5) is 2.13. The Morgan fingerprint density at radius 3 is 2.75 bits per heavy atom. The van der Waals surface area contributed by atoms with Gasteiger partial charge in [-0.3, -0.25) is 0 Å². The molecule has 3 N–H and O–H groups in total. The quantitative estimate of drug-likeness (QED) is 0.720. The summed E-state index contributed by atoms with van der Waals surface area (Å²) >= 11 is 0. The summed E-state index contributed by atoms with van der Waals surface area (Å²) in [6.07, 6.45) is 0. The van der Waals surface area contributed by atoms with Gasteiger partial charge < -0.3 is 20.7 Å². The molecule has 0 atom stereocenters. The van der Waals surface area contributed by atoms with E-state index in [1.165, 1.54) is 0 Å². The molecular formula is C12H21N3O. The Labute approximate surface area is 97.4 Å². The number of nitrogen functional groups attached to an aromatic ring is 1. The Kier molecular flexibility index (Phi) is 4.92. The third-order valence-corrected chi connectivity index (χ3v) is 2.20. The number of likely N-dealkylation sites (N-methyl/N-ethyl adjacent to an activating group) is 1. The molecule has 4 heteroatoms. The highest BCUT2D eigenvalue weighted by Crippen LogP contribution is 2.25. The Balaban J connectivity index is 2.56. The molecule has 0 saturated carbocycles. The topological polar surface area (TPSA) is 50.5 Å². The van der Waals surface area contributed by atoms with Crippen LogP contribution in [0.1, 0.15) is 6.92 Å². The highest BCUT2D eigenvalue weighted by Gasteiger charge is 2.01. The lowest BCUT2D eigenvalue weighted by Gasteiger charge is -2.13. The van der Waals surface area contributed by atoms with Crippen molar-refractivity contribution in [3.63, 3.8) is 0 Å². The first-order valence-corrected chi connectivity index (χ1v) is 5.54. The molecule has 1 rings (SSSR count). The predicted octanol–water partition coefficient (Wildman–Crippen LogP) is 1.64. The van der Waals surface area contributed by atoms with Crippen LogP contribution in [0.3, 0.4) is 0 Å². The number of benzene rings is 1. The van der Waals surface area contributed by atoms with E-state index in [4.69, 9.17) is 10.5 Å². The van der Waals surface area contributed by atoms with E-state index in [9.17, 15) is 0 Å². The van der Waals surface area contributed by atoms with Crippen LogP contribution in [0.4, 0.5) is 11.4 Å². The van der Waals surface area contributed by atoms with Gasteiger partial charge in [0.25, 0.3) is 0 Å². The van der Waals surface area contributed by atoms with Crippen LogP contribution in [0.2, 0.25) is 0 Å². The van der Waals surface area contributed by atoms with Gasteiger partial charge in [-0.25, -0.2) is 0 Å². The molecule has 0 aliphatic rings. The Morgan fingerprint density at radius 2 is 2.12 bits per heavy atom. The fourth-order valence-corrected chi connectivity index (χ4v) is 1.35. The van der Waals surface area contributed by atoms with Crippen molar-refractivity contribution in [3.05, 3.63) is 18.2 Å². The molecule has 0 radical (unpaired) electrons. The van der Waals surface area contributed by atoms with Gasteiger partial charge >= 0.3 is 0 Å². The van der Waals surface area contributed by atoms with Crippen molar-refractivity contribution < 1.29 is 4.74 Å². The van der Waals surface area contributed by atoms with Gasteiger partial charge in [-0.05, 0) is 33.2 Å². The number of hydrogen-bond donors (Lipinski definition) is 2. The van der Waals surface area contributed by atoms with Gasteiger partial charge in [0.2, 0.25) is 0 Å². The summed E-state index contributed by atoms with van der Waals surface area (Å²) < 4.78 is 5.43. The molecule has 1 aromatic carbocycles.